The molecule has 2 atom stereocenters. The van der Waals surface area contributed by atoms with Crippen LogP contribution in [-0.2, 0) is 6.54 Å². The number of aromatic nitrogens is 6. The number of aromatic amines is 1. The lowest BCUT2D eigenvalue weighted by atomic mass is 9.81. The zero-order valence-corrected chi connectivity index (χ0v) is 17.8. The molecule has 0 saturated heterocycles. The van der Waals surface area contributed by atoms with Crippen LogP contribution in [-0.4, -0.2) is 52.6 Å². The molecule has 3 heterocycles. The van der Waals surface area contributed by atoms with Gasteiger partial charge in [0.25, 0.3) is 5.91 Å². The molecule has 0 aliphatic heterocycles. The zero-order chi connectivity index (χ0) is 22.1. The van der Waals surface area contributed by atoms with Crippen molar-refractivity contribution in [2.75, 3.05) is 0 Å². The Morgan fingerprint density at radius 2 is 2.25 bits per heavy atom. The van der Waals surface area contributed by atoms with Gasteiger partial charge in [0.1, 0.15) is 18.3 Å². The van der Waals surface area contributed by atoms with Crippen molar-refractivity contribution in [2.24, 2.45) is 0 Å². The van der Waals surface area contributed by atoms with Gasteiger partial charge in [0.05, 0.1) is 17.7 Å². The Labute approximate surface area is 184 Å². The molecule has 1 aliphatic carbocycles. The molecule has 2 unspecified atom stereocenters. The van der Waals surface area contributed by atoms with E-state index >= 15 is 0 Å². The third-order valence-electron chi connectivity index (χ3n) is 6.07. The first-order valence-corrected chi connectivity index (χ1v) is 10.8. The molecule has 5 rings (SSSR count). The van der Waals surface area contributed by atoms with E-state index in [2.05, 4.69) is 30.6 Å². The number of fused-ring (bicyclic) bond motifs is 1. The Balaban J connectivity index is 1.34. The van der Waals surface area contributed by atoms with Crippen molar-refractivity contribution in [3.05, 3.63) is 60.4 Å². The van der Waals surface area contributed by atoms with Gasteiger partial charge in [-0.2, -0.15) is 10.2 Å². The molecule has 3 aromatic heterocycles. The van der Waals surface area contributed by atoms with E-state index in [1.54, 1.807) is 23.3 Å². The van der Waals surface area contributed by atoms with E-state index in [9.17, 15) is 9.90 Å². The molecule has 3 N–H and O–H groups in total. The Bertz CT molecular complexity index is 1250. The van der Waals surface area contributed by atoms with E-state index in [0.717, 1.165) is 40.7 Å². The van der Waals surface area contributed by atoms with Crippen molar-refractivity contribution in [2.45, 2.75) is 50.8 Å². The number of carbonyl (C=O) groups excluding carboxylic acids is 1. The summed E-state index contributed by atoms with van der Waals surface area (Å²) in [6.07, 6.45) is 7.64. The van der Waals surface area contributed by atoms with Crippen molar-refractivity contribution >= 4 is 16.8 Å². The minimum atomic E-state index is -0.912. The number of benzene rings is 1. The highest BCUT2D eigenvalue weighted by atomic mass is 16.3. The number of nitrogens with zero attached hydrogens (tertiary/aromatic N) is 5. The van der Waals surface area contributed by atoms with Gasteiger partial charge in [-0.25, -0.2) is 4.98 Å². The van der Waals surface area contributed by atoms with Crippen LogP contribution in [0.2, 0.25) is 0 Å². The summed E-state index contributed by atoms with van der Waals surface area (Å²) in [4.78, 5) is 21.2. The number of aliphatic hydroxyl groups is 1. The Hall–Kier alpha value is -3.59. The summed E-state index contributed by atoms with van der Waals surface area (Å²) in [5.74, 6) is -0.153. The Kier molecular flexibility index (Phi) is 5.18. The molecule has 1 aliphatic rings. The smallest absolute Gasteiger partial charge is 0.251 e. The largest absolute Gasteiger partial charge is 0.388 e. The monoisotopic (exact) mass is 431 g/mol. The lowest BCUT2D eigenvalue weighted by Crippen LogP contribution is -2.47. The summed E-state index contributed by atoms with van der Waals surface area (Å²) in [7, 11) is 0. The maximum atomic E-state index is 13.0. The number of nitrogens with one attached hydrogen (secondary N) is 2. The van der Waals surface area contributed by atoms with Crippen LogP contribution in [0, 0.1) is 6.92 Å². The molecule has 9 heteroatoms. The lowest BCUT2D eigenvalue weighted by Gasteiger charge is -2.36. The van der Waals surface area contributed by atoms with Crippen LogP contribution in [0.25, 0.3) is 22.2 Å². The van der Waals surface area contributed by atoms with Gasteiger partial charge in [-0.1, -0.05) is 0 Å². The molecule has 32 heavy (non-hydrogen) atoms. The maximum absolute atomic E-state index is 13.0. The Morgan fingerprint density at radius 3 is 3.06 bits per heavy atom. The number of rotatable bonds is 5. The first-order valence-electron chi connectivity index (χ1n) is 10.8. The second kappa shape index (κ2) is 8.16. The number of carbonyl (C=O) groups is 1. The van der Waals surface area contributed by atoms with E-state index in [-0.39, 0.29) is 11.9 Å². The van der Waals surface area contributed by atoms with E-state index in [4.69, 9.17) is 0 Å². The van der Waals surface area contributed by atoms with Gasteiger partial charge in [0.2, 0.25) is 0 Å². The maximum Gasteiger partial charge on any atom is 0.251 e. The third kappa shape index (κ3) is 4.11. The number of hydrogen-bond donors (Lipinski definition) is 3. The van der Waals surface area contributed by atoms with Crippen LogP contribution in [0.4, 0.5) is 0 Å². The molecular formula is C23H25N7O2. The van der Waals surface area contributed by atoms with Crippen molar-refractivity contribution in [3.8, 4) is 11.3 Å². The molecule has 164 valence electrons. The van der Waals surface area contributed by atoms with Crippen molar-refractivity contribution in [3.63, 3.8) is 0 Å². The summed E-state index contributed by atoms with van der Waals surface area (Å²) < 4.78 is 1.64. The minimum absolute atomic E-state index is 0.105. The molecule has 0 spiro atoms. The summed E-state index contributed by atoms with van der Waals surface area (Å²) >= 11 is 0. The van der Waals surface area contributed by atoms with Crippen molar-refractivity contribution < 1.29 is 9.90 Å². The lowest BCUT2D eigenvalue weighted by molar-refractivity contribution is -0.0238. The van der Waals surface area contributed by atoms with Crippen LogP contribution in [0.3, 0.4) is 0 Å². The highest BCUT2D eigenvalue weighted by Crippen LogP contribution is 2.31. The topological polar surface area (TPSA) is 122 Å². The summed E-state index contributed by atoms with van der Waals surface area (Å²) in [6.45, 7) is 2.31. The van der Waals surface area contributed by atoms with Crippen LogP contribution < -0.4 is 5.32 Å². The summed E-state index contributed by atoms with van der Waals surface area (Å²) in [5.41, 5.74) is 3.17. The molecule has 9 nitrogen and oxygen atoms in total. The van der Waals surface area contributed by atoms with Crippen molar-refractivity contribution in [1.29, 1.82) is 0 Å². The molecule has 4 aromatic rings. The molecule has 0 radical (unpaired) electrons. The number of hydrogen-bond acceptors (Lipinski definition) is 6. The highest BCUT2D eigenvalue weighted by molar-refractivity contribution is 6.01. The van der Waals surface area contributed by atoms with E-state index < -0.39 is 5.60 Å². The normalized spacial score (nSPS) is 21.0. The fourth-order valence-electron chi connectivity index (χ4n) is 4.56. The Morgan fingerprint density at radius 1 is 1.34 bits per heavy atom. The van der Waals surface area contributed by atoms with Crippen LogP contribution >= 0.6 is 0 Å². The molecule has 1 saturated carbocycles. The number of pyridine rings is 1. The van der Waals surface area contributed by atoms with Gasteiger partial charge in [-0.15, -0.1) is 0 Å². The van der Waals surface area contributed by atoms with Gasteiger partial charge in [0.15, 0.2) is 0 Å². The van der Waals surface area contributed by atoms with Crippen molar-refractivity contribution in [1.82, 2.24) is 35.3 Å². The van der Waals surface area contributed by atoms with Gasteiger partial charge >= 0.3 is 0 Å². The standard InChI is InChI=1S/C23H25N7O2/c1-15-9-16(6-8-25-15)21-19-10-17(4-5-20(19)28-29-21)22(31)27-18-3-2-7-23(32,11-18)12-30-14-24-13-26-30/h4-6,8-10,13-14,18,32H,2-3,7,11-12H2,1H3,(H,27,31)(H,28,29). The first-order chi connectivity index (χ1) is 15.5. The second-order valence-electron chi connectivity index (χ2n) is 8.60. The molecule has 1 fully saturated rings. The van der Waals surface area contributed by atoms with E-state index in [0.29, 0.717) is 24.9 Å². The fraction of sp³-hybridized carbons (Fsp3) is 0.348. The fourth-order valence-corrected chi connectivity index (χ4v) is 4.56. The average Bonchev–Trinajstić information content (AvgIpc) is 3.42. The predicted octanol–water partition coefficient (Wildman–Crippen LogP) is 2.63. The van der Waals surface area contributed by atoms with Gasteiger partial charge in [0, 0.05) is 34.4 Å². The van der Waals surface area contributed by atoms with Crippen LogP contribution in [0.5, 0.6) is 0 Å². The molecular weight excluding hydrogens is 406 g/mol. The SMILES string of the molecule is Cc1cc(-c2n[nH]c3ccc(C(=O)NC4CCCC(O)(Cn5cncn5)C4)cc23)ccn1. The van der Waals surface area contributed by atoms with Gasteiger partial charge in [-0.05, 0) is 62.9 Å². The van der Waals surface area contributed by atoms with Gasteiger partial charge in [-0.3, -0.25) is 19.6 Å². The molecule has 1 amide bonds. The molecule has 1 aromatic carbocycles. The number of H-pyrrole nitrogens is 1. The number of aryl methyl sites for hydroxylation is 1. The third-order valence-corrected chi connectivity index (χ3v) is 6.07. The summed E-state index contributed by atoms with van der Waals surface area (Å²) in [5, 5.41) is 26.6. The highest BCUT2D eigenvalue weighted by Gasteiger charge is 2.35. The molecule has 0 bridgehead atoms. The minimum Gasteiger partial charge on any atom is -0.388 e. The first kappa shape index (κ1) is 20.3. The van der Waals surface area contributed by atoms with Crippen LogP contribution in [0.1, 0.15) is 41.7 Å². The second-order valence-corrected chi connectivity index (χ2v) is 8.60. The summed E-state index contributed by atoms with van der Waals surface area (Å²) in [6, 6.07) is 9.31. The van der Waals surface area contributed by atoms with E-state index in [1.807, 2.05) is 31.2 Å². The van der Waals surface area contributed by atoms with E-state index in [1.165, 1.54) is 6.33 Å². The number of amides is 1. The van der Waals surface area contributed by atoms with Crippen LogP contribution in [0.15, 0.2) is 49.2 Å². The van der Waals surface area contributed by atoms with Gasteiger partial charge < -0.3 is 10.4 Å². The zero-order valence-electron chi connectivity index (χ0n) is 17.8. The average molecular weight is 432 g/mol. The predicted molar refractivity (Wildman–Crippen MR) is 119 cm³/mol. The quantitative estimate of drug-likeness (QED) is 0.447.